The zero-order chi connectivity index (χ0) is 18.5. The molecule has 0 bridgehead atoms. The van der Waals surface area contributed by atoms with Crippen molar-refractivity contribution in [3.63, 3.8) is 0 Å². The zero-order valence-corrected chi connectivity index (χ0v) is 15.6. The molecule has 0 unspecified atom stereocenters. The average molecular weight is 362 g/mol. The number of aliphatic hydroxyl groups excluding tert-OH is 1. The van der Waals surface area contributed by atoms with Gasteiger partial charge in [0.1, 0.15) is 7.05 Å². The van der Waals surface area contributed by atoms with Gasteiger partial charge in [0.25, 0.3) is 0 Å². The number of hydrogen-bond acceptors (Lipinski definition) is 5. The van der Waals surface area contributed by atoms with Gasteiger partial charge < -0.3 is 19.9 Å². The van der Waals surface area contributed by atoms with Crippen LogP contribution in [-0.2, 0) is 22.4 Å². The predicted molar refractivity (Wildman–Crippen MR) is 90.8 cm³/mol. The molecule has 1 fully saturated rings. The number of nitrogens with zero attached hydrogens (tertiary/aromatic N) is 2. The molecule has 0 radical (unpaired) electrons. The van der Waals surface area contributed by atoms with E-state index in [-0.39, 0.29) is 17.6 Å². The summed E-state index contributed by atoms with van der Waals surface area (Å²) >= 11 is 1.43. The Morgan fingerprint density at radius 3 is 2.76 bits per heavy atom. The monoisotopic (exact) mass is 362 g/mol. The third-order valence-electron chi connectivity index (χ3n) is 5.07. The molecular weight excluding hydrogens is 340 g/mol. The van der Waals surface area contributed by atoms with Crippen molar-refractivity contribution in [3.8, 4) is 0 Å². The maximum absolute atomic E-state index is 12.2. The number of hydrogen-bond donors (Lipinski definition) is 1. The lowest BCUT2D eigenvalue weighted by Crippen LogP contribution is -2.62. The van der Waals surface area contributed by atoms with Crippen molar-refractivity contribution in [2.24, 2.45) is 13.0 Å². The van der Waals surface area contributed by atoms with Crippen molar-refractivity contribution in [1.29, 1.82) is 0 Å². The Morgan fingerprint density at radius 1 is 1.48 bits per heavy atom. The molecule has 3 rings (SSSR count). The highest BCUT2D eigenvalue weighted by molar-refractivity contribution is 8.02. The van der Waals surface area contributed by atoms with Crippen molar-refractivity contribution < 1.29 is 24.4 Å². The van der Waals surface area contributed by atoms with Gasteiger partial charge in [0.05, 0.1) is 35.5 Å². The summed E-state index contributed by atoms with van der Waals surface area (Å²) in [7, 11) is 1.98. The molecular formula is C18H22N2O4S. The Kier molecular flexibility index (Phi) is 4.64. The molecule has 0 saturated carbocycles. The van der Waals surface area contributed by atoms with Gasteiger partial charge in [-0.3, -0.25) is 4.79 Å². The fraction of sp³-hybridized carbons (Fsp3) is 0.500. The Bertz CT molecular complexity index is 788. The van der Waals surface area contributed by atoms with Crippen LogP contribution in [0.3, 0.4) is 0 Å². The molecule has 0 aliphatic carbocycles. The second-order valence-electron chi connectivity index (χ2n) is 6.82. The topological polar surface area (TPSA) is 84.5 Å². The first kappa shape index (κ1) is 17.9. The van der Waals surface area contributed by atoms with E-state index in [4.69, 9.17) is 0 Å². The van der Waals surface area contributed by atoms with Gasteiger partial charge in [-0.05, 0) is 19.4 Å². The largest absolute Gasteiger partial charge is 0.543 e. The summed E-state index contributed by atoms with van der Waals surface area (Å²) in [6.07, 6.45) is -0.317. The predicted octanol–water partition coefficient (Wildman–Crippen LogP) is -0.0659. The summed E-state index contributed by atoms with van der Waals surface area (Å²) in [6.45, 7) is 5.63. The summed E-state index contributed by atoms with van der Waals surface area (Å²) in [4.78, 5) is 25.7. The number of carbonyl (C=O) groups excluding carboxylic acids is 2. The van der Waals surface area contributed by atoms with E-state index in [0.29, 0.717) is 17.1 Å². The molecule has 0 aromatic carbocycles. The first-order chi connectivity index (χ1) is 11.7. The van der Waals surface area contributed by atoms with Gasteiger partial charge in [-0.1, -0.05) is 0 Å². The Balaban J connectivity index is 1.83. The number of fused-ring (bicyclic) bond motifs is 1. The van der Waals surface area contributed by atoms with Crippen molar-refractivity contribution in [3.05, 3.63) is 39.7 Å². The summed E-state index contributed by atoms with van der Waals surface area (Å²) in [6, 6.07) is 3.90. The van der Waals surface area contributed by atoms with Crippen molar-refractivity contribution in [2.75, 3.05) is 0 Å². The van der Waals surface area contributed by atoms with Crippen LogP contribution >= 0.6 is 11.8 Å². The minimum Gasteiger partial charge on any atom is -0.543 e. The standard InChI is InChI=1S/C18H22N2O4S/c1-9-5-10(2)19(4)12(6-9)8-25-14-7-13-15(11(3)21)17(22)20(13)16(14)18(23)24/h5-6,11,13,15,21H,7-8H2,1-4H3/t11-,13-,15-/m1/s1. The highest BCUT2D eigenvalue weighted by atomic mass is 32.2. The van der Waals surface area contributed by atoms with Crippen LogP contribution in [0, 0.1) is 19.8 Å². The molecule has 1 aromatic rings. The lowest BCUT2D eigenvalue weighted by molar-refractivity contribution is -0.684. The molecule has 3 atom stereocenters. The van der Waals surface area contributed by atoms with Crippen LogP contribution in [0.2, 0.25) is 0 Å². The van der Waals surface area contributed by atoms with Gasteiger partial charge in [0.2, 0.25) is 5.91 Å². The summed E-state index contributed by atoms with van der Waals surface area (Å²) in [5, 5.41) is 21.3. The van der Waals surface area contributed by atoms with Gasteiger partial charge in [0.15, 0.2) is 11.4 Å². The van der Waals surface area contributed by atoms with Crippen molar-refractivity contribution in [1.82, 2.24) is 4.90 Å². The van der Waals surface area contributed by atoms with Gasteiger partial charge >= 0.3 is 0 Å². The number of thioether (sulfide) groups is 1. The summed E-state index contributed by atoms with van der Waals surface area (Å²) in [5.41, 5.74) is 3.34. The van der Waals surface area contributed by atoms with Gasteiger partial charge in [-0.25, -0.2) is 4.57 Å². The highest BCUT2D eigenvalue weighted by Gasteiger charge is 2.55. The number of carboxylic acids is 1. The fourth-order valence-corrected chi connectivity index (χ4v) is 4.91. The Hall–Kier alpha value is -1.86. The number of carboxylic acid groups (broad SMARTS) is 1. The molecule has 2 aliphatic rings. The van der Waals surface area contributed by atoms with E-state index < -0.39 is 18.0 Å². The van der Waals surface area contributed by atoms with Crippen molar-refractivity contribution in [2.45, 2.75) is 45.1 Å². The molecule has 1 amide bonds. The Morgan fingerprint density at radius 2 is 2.16 bits per heavy atom. The second-order valence-corrected chi connectivity index (χ2v) is 7.89. The maximum atomic E-state index is 12.2. The van der Waals surface area contributed by atoms with Crippen LogP contribution in [-0.4, -0.2) is 34.0 Å². The molecule has 1 saturated heterocycles. The number of pyridine rings is 1. The smallest absolute Gasteiger partial charge is 0.235 e. The number of aliphatic carboxylic acids is 1. The van der Waals surface area contributed by atoms with E-state index in [1.54, 1.807) is 6.92 Å². The molecule has 0 spiro atoms. The number of carbonyl (C=O) groups is 2. The lowest BCUT2D eigenvalue weighted by Gasteiger charge is -2.45. The summed E-state index contributed by atoms with van der Waals surface area (Å²) in [5.74, 6) is -1.57. The minimum absolute atomic E-state index is 0.0241. The van der Waals surface area contributed by atoms with Crippen LogP contribution in [0.5, 0.6) is 0 Å². The number of aliphatic hydroxyl groups is 1. The number of aromatic nitrogens is 1. The highest BCUT2D eigenvalue weighted by Crippen LogP contribution is 2.47. The minimum atomic E-state index is -1.33. The number of rotatable bonds is 5. The van der Waals surface area contributed by atoms with E-state index in [2.05, 4.69) is 16.7 Å². The molecule has 1 aromatic heterocycles. The third-order valence-corrected chi connectivity index (χ3v) is 6.21. The molecule has 2 aliphatic heterocycles. The van der Waals surface area contributed by atoms with E-state index in [1.807, 2.05) is 20.9 Å². The number of aryl methyl sites for hydroxylation is 2. The van der Waals surface area contributed by atoms with Crippen LogP contribution in [0.4, 0.5) is 0 Å². The van der Waals surface area contributed by atoms with Crippen LogP contribution in [0.1, 0.15) is 30.3 Å². The van der Waals surface area contributed by atoms with Crippen LogP contribution < -0.4 is 9.67 Å². The average Bonchev–Trinajstić information content (AvgIpc) is 2.83. The maximum Gasteiger partial charge on any atom is 0.235 e. The molecule has 25 heavy (non-hydrogen) atoms. The first-order valence-corrected chi connectivity index (χ1v) is 9.25. The molecule has 1 N–H and O–H groups in total. The summed E-state index contributed by atoms with van der Waals surface area (Å²) < 4.78 is 2.08. The van der Waals surface area contributed by atoms with Gasteiger partial charge in [-0.15, -0.1) is 11.8 Å². The van der Waals surface area contributed by atoms with E-state index in [0.717, 1.165) is 17.0 Å². The van der Waals surface area contributed by atoms with Gasteiger partial charge in [0, 0.05) is 30.4 Å². The fourth-order valence-electron chi connectivity index (χ4n) is 3.70. The second kappa shape index (κ2) is 6.46. The van der Waals surface area contributed by atoms with Crippen molar-refractivity contribution >= 4 is 23.6 Å². The normalized spacial score (nSPS) is 23.6. The molecule has 7 heteroatoms. The zero-order valence-electron chi connectivity index (χ0n) is 14.8. The van der Waals surface area contributed by atoms with E-state index >= 15 is 0 Å². The van der Waals surface area contributed by atoms with E-state index in [1.165, 1.54) is 16.7 Å². The lowest BCUT2D eigenvalue weighted by atomic mass is 9.83. The number of amides is 1. The molecule has 3 heterocycles. The van der Waals surface area contributed by atoms with E-state index in [9.17, 15) is 19.8 Å². The molecule has 6 nitrogen and oxygen atoms in total. The first-order valence-electron chi connectivity index (χ1n) is 8.27. The Labute approximate surface area is 151 Å². The quantitative estimate of drug-likeness (QED) is 0.586. The van der Waals surface area contributed by atoms with Crippen LogP contribution in [0.25, 0.3) is 0 Å². The SMILES string of the molecule is Cc1cc(C)[n+](C)c(CSC2=C(C(=O)[O-])N3C(=O)[C@H]([C@@H](C)O)[C@H]3C2)c1. The number of β-lactam (4-membered cyclic amide) rings is 1. The molecule has 134 valence electrons. The van der Waals surface area contributed by atoms with Crippen LogP contribution in [0.15, 0.2) is 22.7 Å². The van der Waals surface area contributed by atoms with Gasteiger partial charge in [-0.2, -0.15) is 0 Å². The third kappa shape index (κ3) is 2.95.